The zero-order valence-electron chi connectivity index (χ0n) is 6.85. The van der Waals surface area contributed by atoms with Crippen molar-refractivity contribution in [1.29, 1.82) is 0 Å². The van der Waals surface area contributed by atoms with Crippen LogP contribution in [0.3, 0.4) is 0 Å². The summed E-state index contributed by atoms with van der Waals surface area (Å²) in [7, 11) is 0. The summed E-state index contributed by atoms with van der Waals surface area (Å²) in [5.41, 5.74) is 8.42. The van der Waals surface area contributed by atoms with Gasteiger partial charge in [-0.1, -0.05) is 12.1 Å². The summed E-state index contributed by atoms with van der Waals surface area (Å²) in [6.07, 6.45) is 0. The Morgan fingerprint density at radius 1 is 1.50 bits per heavy atom. The number of rotatable bonds is 1. The van der Waals surface area contributed by atoms with Crippen molar-refractivity contribution in [3.8, 4) is 0 Å². The normalized spacial score (nSPS) is 9.21. The highest BCUT2D eigenvalue weighted by molar-refractivity contribution is 9.10. The third-order valence-electron chi connectivity index (χ3n) is 1.32. The molecule has 1 aromatic carbocycles. The number of hydrogen-bond donors (Lipinski definition) is 1. The van der Waals surface area contributed by atoms with Crippen molar-refractivity contribution in [3.63, 3.8) is 0 Å². The highest BCUT2D eigenvalue weighted by atomic mass is 79.9. The summed E-state index contributed by atoms with van der Waals surface area (Å²) < 4.78 is 0.757. The van der Waals surface area contributed by atoms with E-state index in [1.54, 1.807) is 18.2 Å². The van der Waals surface area contributed by atoms with Crippen molar-refractivity contribution in [1.82, 2.24) is 0 Å². The second kappa shape index (κ2) is 4.95. The Morgan fingerprint density at radius 2 is 2.14 bits per heavy atom. The van der Waals surface area contributed by atoms with E-state index in [4.69, 9.17) is 10.6 Å². The number of aliphatic carboxylic acids is 1. The second-order valence-corrected chi connectivity index (χ2v) is 4.13. The molecule has 0 amide bonds. The minimum absolute atomic E-state index is 0.364. The summed E-state index contributed by atoms with van der Waals surface area (Å²) >= 11 is 4.13. The first-order chi connectivity index (χ1) is 6.65. The third-order valence-corrected chi connectivity index (χ3v) is 3.30. The van der Waals surface area contributed by atoms with E-state index >= 15 is 0 Å². The predicted octanol–water partition coefficient (Wildman–Crippen LogP) is 2.25. The fourth-order valence-electron chi connectivity index (χ4n) is 0.738. The first-order valence-electron chi connectivity index (χ1n) is 3.53. The number of benzene rings is 1. The van der Waals surface area contributed by atoms with Crippen LogP contribution in [-0.4, -0.2) is 20.9 Å². The molecule has 14 heavy (non-hydrogen) atoms. The van der Waals surface area contributed by atoms with Crippen LogP contribution in [0.1, 0.15) is 0 Å². The van der Waals surface area contributed by atoms with Crippen molar-refractivity contribution in [2.45, 2.75) is 4.90 Å². The van der Waals surface area contributed by atoms with Gasteiger partial charge in [-0.25, -0.2) is 4.79 Å². The number of thioether (sulfide) groups is 1. The van der Waals surface area contributed by atoms with E-state index in [1.165, 1.54) is 0 Å². The maximum atomic E-state index is 10.5. The van der Waals surface area contributed by atoms with Crippen molar-refractivity contribution >= 4 is 38.7 Å². The maximum Gasteiger partial charge on any atom is 0.437 e. The Kier molecular flexibility index (Phi) is 3.88. The molecular formula is C8H5BrN2O2S. The topological polar surface area (TPSA) is 73.7 Å². The highest BCUT2D eigenvalue weighted by Crippen LogP contribution is 2.27. The predicted molar refractivity (Wildman–Crippen MR) is 56.3 cm³/mol. The van der Waals surface area contributed by atoms with E-state index in [9.17, 15) is 4.79 Å². The largest absolute Gasteiger partial charge is 0.472 e. The molecule has 1 rings (SSSR count). The van der Waals surface area contributed by atoms with Crippen LogP contribution in [0.5, 0.6) is 0 Å². The fourth-order valence-corrected chi connectivity index (χ4v) is 1.91. The van der Waals surface area contributed by atoms with Gasteiger partial charge in [0.2, 0.25) is 0 Å². The minimum atomic E-state index is -1.26. The highest BCUT2D eigenvalue weighted by Gasteiger charge is 2.21. The SMILES string of the molecule is [N-]=[N+]=C(Sc1ccccc1Br)C(=O)O. The minimum Gasteiger partial charge on any atom is -0.472 e. The van der Waals surface area contributed by atoms with Crippen LogP contribution in [0.25, 0.3) is 5.53 Å². The Hall–Kier alpha value is -1.10. The molecule has 0 saturated heterocycles. The zero-order chi connectivity index (χ0) is 10.6. The lowest BCUT2D eigenvalue weighted by molar-refractivity contribution is -0.133. The van der Waals surface area contributed by atoms with Gasteiger partial charge in [0.25, 0.3) is 0 Å². The van der Waals surface area contributed by atoms with Crippen LogP contribution in [0.4, 0.5) is 0 Å². The lowest BCUT2D eigenvalue weighted by atomic mass is 10.4. The molecule has 72 valence electrons. The van der Waals surface area contributed by atoms with Gasteiger partial charge in [-0.2, -0.15) is 4.79 Å². The van der Waals surface area contributed by atoms with Gasteiger partial charge in [0.15, 0.2) is 0 Å². The molecule has 0 fully saturated rings. The van der Waals surface area contributed by atoms with Crippen LogP contribution < -0.4 is 0 Å². The summed E-state index contributed by atoms with van der Waals surface area (Å²) in [4.78, 5) is 13.9. The van der Waals surface area contributed by atoms with Gasteiger partial charge in [0, 0.05) is 21.1 Å². The molecule has 0 aliphatic heterocycles. The van der Waals surface area contributed by atoms with Gasteiger partial charge >= 0.3 is 11.0 Å². The lowest BCUT2D eigenvalue weighted by Gasteiger charge is -1.97. The van der Waals surface area contributed by atoms with Crippen LogP contribution in [-0.2, 0) is 4.79 Å². The Bertz CT molecular complexity index is 416. The maximum absolute atomic E-state index is 10.5. The molecule has 0 aliphatic carbocycles. The first kappa shape index (κ1) is 11.0. The molecule has 1 N–H and O–H groups in total. The van der Waals surface area contributed by atoms with E-state index in [0.717, 1.165) is 16.2 Å². The average molecular weight is 273 g/mol. The van der Waals surface area contributed by atoms with E-state index in [1.807, 2.05) is 6.07 Å². The average Bonchev–Trinajstić information content (AvgIpc) is 2.16. The molecule has 0 spiro atoms. The molecule has 0 aliphatic rings. The smallest absolute Gasteiger partial charge is 0.437 e. The molecule has 6 heteroatoms. The van der Waals surface area contributed by atoms with E-state index in [-0.39, 0.29) is 5.04 Å². The monoisotopic (exact) mass is 272 g/mol. The Morgan fingerprint density at radius 3 is 2.64 bits per heavy atom. The van der Waals surface area contributed by atoms with E-state index in [0.29, 0.717) is 4.90 Å². The van der Waals surface area contributed by atoms with Gasteiger partial charge in [0.1, 0.15) is 0 Å². The molecular weight excluding hydrogens is 268 g/mol. The summed E-state index contributed by atoms with van der Waals surface area (Å²) in [6, 6.07) is 7.08. The summed E-state index contributed by atoms with van der Waals surface area (Å²) in [5.74, 6) is -1.26. The van der Waals surface area contributed by atoms with Gasteiger partial charge in [0.05, 0.1) is 0 Å². The number of carboxylic acid groups (broad SMARTS) is 1. The molecule has 0 radical (unpaired) electrons. The van der Waals surface area contributed by atoms with Crippen molar-refractivity contribution < 1.29 is 14.7 Å². The summed E-state index contributed by atoms with van der Waals surface area (Å²) in [5, 5.41) is 8.23. The number of hydrogen-bond acceptors (Lipinski definition) is 2. The van der Waals surface area contributed by atoms with Gasteiger partial charge in [-0.15, -0.1) is 0 Å². The molecule has 4 nitrogen and oxygen atoms in total. The van der Waals surface area contributed by atoms with Crippen molar-refractivity contribution in [3.05, 3.63) is 34.3 Å². The Balaban J connectivity index is 2.94. The number of nitrogens with zero attached hydrogens (tertiary/aromatic N) is 2. The van der Waals surface area contributed by atoms with Crippen LogP contribution in [0.15, 0.2) is 33.6 Å². The summed E-state index contributed by atoms with van der Waals surface area (Å²) in [6.45, 7) is 0. The second-order valence-electron chi connectivity index (χ2n) is 2.24. The van der Waals surface area contributed by atoms with Crippen LogP contribution >= 0.6 is 27.7 Å². The zero-order valence-corrected chi connectivity index (χ0v) is 9.25. The molecule has 0 heterocycles. The van der Waals surface area contributed by atoms with Gasteiger partial charge in [-0.3, -0.25) is 0 Å². The fraction of sp³-hybridized carbons (Fsp3) is 0. The van der Waals surface area contributed by atoms with E-state index < -0.39 is 5.97 Å². The quantitative estimate of drug-likeness (QED) is 0.280. The lowest BCUT2D eigenvalue weighted by Crippen LogP contribution is -2.09. The third kappa shape index (κ3) is 2.70. The van der Waals surface area contributed by atoms with Crippen LogP contribution in [0.2, 0.25) is 0 Å². The molecule has 0 aromatic heterocycles. The molecule has 1 aromatic rings. The van der Waals surface area contributed by atoms with Crippen molar-refractivity contribution in [2.24, 2.45) is 0 Å². The van der Waals surface area contributed by atoms with Crippen LogP contribution in [0, 0.1) is 0 Å². The van der Waals surface area contributed by atoms with E-state index in [2.05, 4.69) is 20.7 Å². The number of halogens is 1. The molecule has 0 unspecified atom stereocenters. The number of carbonyl (C=O) groups is 1. The standard InChI is InChI=1S/C8H5BrN2O2S/c9-5-3-1-2-4-6(5)14-7(11-10)8(12)13/h1-4H,(H,12,13). The Labute approximate surface area is 92.7 Å². The number of carboxylic acids is 1. The molecule has 0 saturated carbocycles. The molecule has 0 bridgehead atoms. The molecule has 0 atom stereocenters. The van der Waals surface area contributed by atoms with Crippen molar-refractivity contribution in [2.75, 3.05) is 0 Å². The van der Waals surface area contributed by atoms with Gasteiger partial charge in [-0.05, 0) is 28.1 Å². The van der Waals surface area contributed by atoms with Gasteiger partial charge < -0.3 is 10.6 Å². The first-order valence-corrected chi connectivity index (χ1v) is 5.14.